The average Bonchev–Trinajstić information content (AvgIpc) is 2.39. The zero-order chi connectivity index (χ0) is 9.61. The van der Waals surface area contributed by atoms with Gasteiger partial charge in [0.15, 0.2) is 0 Å². The largest absolute Gasteiger partial charge is 0.379 e. The number of ether oxygens (including phenoxy) is 1. The normalized spacial score (nSPS) is 17.4. The summed E-state index contributed by atoms with van der Waals surface area (Å²) < 4.78 is 4.94. The van der Waals surface area contributed by atoms with Gasteiger partial charge in [0.1, 0.15) is 0 Å². The highest BCUT2D eigenvalue weighted by Crippen LogP contribution is 2.02. The van der Waals surface area contributed by atoms with Crippen LogP contribution in [-0.2, 0) is 4.74 Å². The molecule has 12 heavy (non-hydrogen) atoms. The van der Waals surface area contributed by atoms with Crippen molar-refractivity contribution < 1.29 is 4.74 Å². The Balaban J connectivity index is 0.000000202. The molecule has 1 heterocycles. The summed E-state index contributed by atoms with van der Waals surface area (Å²) in [4.78, 5) is 2.25. The van der Waals surface area contributed by atoms with E-state index < -0.39 is 0 Å². The van der Waals surface area contributed by atoms with E-state index >= 15 is 0 Å². The number of hydrogen-bond acceptors (Lipinski definition) is 2. The summed E-state index contributed by atoms with van der Waals surface area (Å²) in [6.45, 7) is 8.34. The standard InChI is InChI=1S/C5H9N.C5H12O/c1-6-4-2-3-5-6;1-5(2,3)6-4/h2-3H,4-5H2,1H3;1-4H3. The second-order valence-corrected chi connectivity index (χ2v) is 4.01. The molecule has 0 aromatic carbocycles. The molecule has 0 spiro atoms. The van der Waals surface area contributed by atoms with Crippen molar-refractivity contribution in [3.63, 3.8) is 0 Å². The van der Waals surface area contributed by atoms with Crippen molar-refractivity contribution in [2.45, 2.75) is 26.4 Å². The molecule has 0 N–H and O–H groups in total. The highest BCUT2D eigenvalue weighted by atomic mass is 16.5. The third kappa shape index (κ3) is 7.76. The van der Waals surface area contributed by atoms with Gasteiger partial charge in [-0.2, -0.15) is 0 Å². The van der Waals surface area contributed by atoms with E-state index in [1.54, 1.807) is 7.11 Å². The molecule has 0 aromatic heterocycles. The molecule has 0 aliphatic carbocycles. The van der Waals surface area contributed by atoms with Gasteiger partial charge in [0.2, 0.25) is 0 Å². The lowest BCUT2D eigenvalue weighted by Gasteiger charge is -2.14. The lowest BCUT2D eigenvalue weighted by molar-refractivity contribution is 0.0397. The fourth-order valence-electron chi connectivity index (χ4n) is 0.583. The first-order valence-corrected chi connectivity index (χ1v) is 4.34. The summed E-state index contributed by atoms with van der Waals surface area (Å²) >= 11 is 0. The second kappa shape index (κ2) is 5.33. The van der Waals surface area contributed by atoms with Crippen LogP contribution in [-0.4, -0.2) is 37.7 Å². The van der Waals surface area contributed by atoms with Crippen LogP contribution in [0, 0.1) is 0 Å². The van der Waals surface area contributed by atoms with Crippen LogP contribution >= 0.6 is 0 Å². The van der Waals surface area contributed by atoms with Gasteiger partial charge in [-0.25, -0.2) is 0 Å². The fraction of sp³-hybridized carbons (Fsp3) is 0.800. The van der Waals surface area contributed by atoms with Gasteiger partial charge in [0.25, 0.3) is 0 Å². The van der Waals surface area contributed by atoms with Gasteiger partial charge in [-0.05, 0) is 27.8 Å². The smallest absolute Gasteiger partial charge is 0.0594 e. The molecule has 72 valence electrons. The molecule has 1 rings (SSSR count). The van der Waals surface area contributed by atoms with Crippen LogP contribution in [0.15, 0.2) is 12.2 Å². The maximum Gasteiger partial charge on any atom is 0.0594 e. The quantitative estimate of drug-likeness (QED) is 0.516. The van der Waals surface area contributed by atoms with Gasteiger partial charge in [0.05, 0.1) is 5.60 Å². The predicted molar refractivity (Wildman–Crippen MR) is 53.4 cm³/mol. The lowest BCUT2D eigenvalue weighted by Crippen LogP contribution is -2.15. The monoisotopic (exact) mass is 171 g/mol. The van der Waals surface area contributed by atoms with Gasteiger partial charge < -0.3 is 4.74 Å². The third-order valence-corrected chi connectivity index (χ3v) is 1.61. The highest BCUT2D eigenvalue weighted by Gasteiger charge is 2.04. The van der Waals surface area contributed by atoms with Crippen molar-refractivity contribution in [3.05, 3.63) is 12.2 Å². The van der Waals surface area contributed by atoms with Crippen LogP contribution < -0.4 is 0 Å². The molecule has 0 unspecified atom stereocenters. The second-order valence-electron chi connectivity index (χ2n) is 4.01. The zero-order valence-corrected chi connectivity index (χ0v) is 8.92. The Labute approximate surface area is 76.2 Å². The number of nitrogens with zero attached hydrogens (tertiary/aromatic N) is 1. The van der Waals surface area contributed by atoms with Crippen molar-refractivity contribution in [2.75, 3.05) is 27.2 Å². The summed E-state index contributed by atoms with van der Waals surface area (Å²) in [6.07, 6.45) is 4.36. The van der Waals surface area contributed by atoms with E-state index in [9.17, 15) is 0 Å². The molecule has 0 aromatic rings. The van der Waals surface area contributed by atoms with Gasteiger partial charge in [-0.3, -0.25) is 4.90 Å². The molecule has 0 radical (unpaired) electrons. The van der Waals surface area contributed by atoms with Crippen LogP contribution in [0.4, 0.5) is 0 Å². The van der Waals surface area contributed by atoms with Crippen molar-refractivity contribution in [1.82, 2.24) is 4.90 Å². The topological polar surface area (TPSA) is 12.5 Å². The number of rotatable bonds is 0. The minimum absolute atomic E-state index is 0.0417. The van der Waals surface area contributed by atoms with E-state index in [-0.39, 0.29) is 5.60 Å². The Morgan fingerprint density at radius 2 is 1.50 bits per heavy atom. The van der Waals surface area contributed by atoms with E-state index in [0.29, 0.717) is 0 Å². The molecule has 0 saturated heterocycles. The van der Waals surface area contributed by atoms with Crippen LogP contribution in [0.25, 0.3) is 0 Å². The lowest BCUT2D eigenvalue weighted by atomic mass is 10.2. The first-order valence-electron chi connectivity index (χ1n) is 4.34. The Hall–Kier alpha value is -0.340. The van der Waals surface area contributed by atoms with Gasteiger partial charge in [-0.1, -0.05) is 12.2 Å². The predicted octanol–water partition coefficient (Wildman–Crippen LogP) is 1.92. The fourth-order valence-corrected chi connectivity index (χ4v) is 0.583. The molecule has 0 fully saturated rings. The molecule has 0 amide bonds. The van der Waals surface area contributed by atoms with Crippen molar-refractivity contribution in [3.8, 4) is 0 Å². The highest BCUT2D eigenvalue weighted by molar-refractivity contribution is 4.93. The van der Waals surface area contributed by atoms with E-state index in [1.807, 2.05) is 20.8 Å². The number of methoxy groups -OCH3 is 1. The Bertz CT molecular complexity index is 127. The van der Waals surface area contributed by atoms with Crippen LogP contribution in [0.2, 0.25) is 0 Å². The summed E-state index contributed by atoms with van der Waals surface area (Å²) in [5, 5.41) is 0. The molecular weight excluding hydrogens is 150 g/mol. The van der Waals surface area contributed by atoms with E-state index in [2.05, 4.69) is 24.1 Å². The van der Waals surface area contributed by atoms with Crippen molar-refractivity contribution in [1.29, 1.82) is 0 Å². The minimum atomic E-state index is 0.0417. The Morgan fingerprint density at radius 1 is 1.17 bits per heavy atom. The molecule has 2 nitrogen and oxygen atoms in total. The zero-order valence-electron chi connectivity index (χ0n) is 8.92. The SMILES string of the molecule is CN1CC=CC1.COC(C)(C)C. The number of likely N-dealkylation sites (N-methyl/N-ethyl adjacent to an activating group) is 1. The van der Waals surface area contributed by atoms with Gasteiger partial charge in [-0.15, -0.1) is 0 Å². The van der Waals surface area contributed by atoms with E-state index in [1.165, 1.54) is 0 Å². The summed E-state index contributed by atoms with van der Waals surface area (Å²) in [7, 11) is 3.82. The maximum absolute atomic E-state index is 4.94. The maximum atomic E-state index is 4.94. The minimum Gasteiger partial charge on any atom is -0.379 e. The molecule has 2 heteroatoms. The van der Waals surface area contributed by atoms with E-state index in [4.69, 9.17) is 4.74 Å². The molecule has 0 bridgehead atoms. The van der Waals surface area contributed by atoms with Crippen LogP contribution in [0.5, 0.6) is 0 Å². The third-order valence-electron chi connectivity index (χ3n) is 1.61. The molecular formula is C10H21NO. The first kappa shape index (κ1) is 11.7. The van der Waals surface area contributed by atoms with Crippen molar-refractivity contribution in [2.24, 2.45) is 0 Å². The van der Waals surface area contributed by atoms with Crippen LogP contribution in [0.1, 0.15) is 20.8 Å². The van der Waals surface area contributed by atoms with Gasteiger partial charge in [0, 0.05) is 20.2 Å². The number of hydrogen-bond donors (Lipinski definition) is 0. The Kier molecular flexibility index (Phi) is 5.18. The summed E-state index contributed by atoms with van der Waals surface area (Å²) in [6, 6.07) is 0. The summed E-state index contributed by atoms with van der Waals surface area (Å²) in [5.41, 5.74) is 0.0417. The van der Waals surface area contributed by atoms with E-state index in [0.717, 1.165) is 13.1 Å². The molecule has 0 atom stereocenters. The Morgan fingerprint density at radius 3 is 1.58 bits per heavy atom. The molecule has 0 saturated carbocycles. The van der Waals surface area contributed by atoms with Crippen LogP contribution in [0.3, 0.4) is 0 Å². The van der Waals surface area contributed by atoms with Crippen molar-refractivity contribution >= 4 is 0 Å². The van der Waals surface area contributed by atoms with Gasteiger partial charge >= 0.3 is 0 Å². The average molecular weight is 171 g/mol. The molecule has 1 aliphatic heterocycles. The molecule has 1 aliphatic rings. The summed E-state index contributed by atoms with van der Waals surface area (Å²) in [5.74, 6) is 0. The first-order chi connectivity index (χ1) is 5.45.